The van der Waals surface area contributed by atoms with E-state index in [0.717, 1.165) is 16.9 Å². The number of carbonyl (C=O) groups is 2. The lowest BCUT2D eigenvalue weighted by molar-refractivity contribution is -0.142. The molecular formula is C22H27NO4. The molecule has 1 atom stereocenters. The fraction of sp³-hybridized carbons (Fsp3) is 0.364. The highest BCUT2D eigenvalue weighted by molar-refractivity contribution is 5.80. The summed E-state index contributed by atoms with van der Waals surface area (Å²) in [5.74, 6) is 0.433. The number of ether oxygens (including phenoxy) is 2. The van der Waals surface area contributed by atoms with E-state index in [2.05, 4.69) is 0 Å². The van der Waals surface area contributed by atoms with Crippen LogP contribution < -0.4 is 4.74 Å². The maximum absolute atomic E-state index is 13.0. The average Bonchev–Trinajstić information content (AvgIpc) is 2.70. The van der Waals surface area contributed by atoms with E-state index < -0.39 is 0 Å². The van der Waals surface area contributed by atoms with E-state index in [9.17, 15) is 9.59 Å². The van der Waals surface area contributed by atoms with Gasteiger partial charge >= 0.3 is 5.97 Å². The van der Waals surface area contributed by atoms with Gasteiger partial charge in [0.1, 0.15) is 5.75 Å². The van der Waals surface area contributed by atoms with Crippen molar-refractivity contribution in [3.8, 4) is 5.75 Å². The Kier molecular flexibility index (Phi) is 7.86. The van der Waals surface area contributed by atoms with Gasteiger partial charge < -0.3 is 14.4 Å². The van der Waals surface area contributed by atoms with Crippen molar-refractivity contribution in [3.63, 3.8) is 0 Å². The van der Waals surface area contributed by atoms with Crippen molar-refractivity contribution >= 4 is 11.9 Å². The lowest BCUT2D eigenvalue weighted by Crippen LogP contribution is -2.36. The third-order valence-corrected chi connectivity index (χ3v) is 4.44. The first-order valence-corrected chi connectivity index (χ1v) is 9.18. The van der Waals surface area contributed by atoms with Gasteiger partial charge in [-0.3, -0.25) is 9.59 Å². The molecule has 144 valence electrons. The molecule has 0 heterocycles. The molecule has 27 heavy (non-hydrogen) atoms. The quantitative estimate of drug-likeness (QED) is 0.631. The van der Waals surface area contributed by atoms with Crippen molar-refractivity contribution < 1.29 is 19.1 Å². The van der Waals surface area contributed by atoms with Crippen LogP contribution >= 0.6 is 0 Å². The van der Waals surface area contributed by atoms with Gasteiger partial charge in [-0.1, -0.05) is 42.5 Å². The number of esters is 1. The zero-order valence-electron chi connectivity index (χ0n) is 16.2. The van der Waals surface area contributed by atoms with E-state index in [1.165, 1.54) is 7.11 Å². The predicted molar refractivity (Wildman–Crippen MR) is 105 cm³/mol. The van der Waals surface area contributed by atoms with Crippen LogP contribution in [0.4, 0.5) is 0 Å². The minimum atomic E-state index is -0.325. The SMILES string of the molecule is CCOc1ccc(CC(=O)N(CCC(=O)OC)C(C)c2ccccc2)cc1. The van der Waals surface area contributed by atoms with Crippen LogP contribution in [0.3, 0.4) is 0 Å². The van der Waals surface area contributed by atoms with Crippen LogP contribution in [0.15, 0.2) is 54.6 Å². The summed E-state index contributed by atoms with van der Waals surface area (Å²) in [7, 11) is 1.36. The van der Waals surface area contributed by atoms with Crippen molar-refractivity contribution in [2.24, 2.45) is 0 Å². The van der Waals surface area contributed by atoms with E-state index in [1.54, 1.807) is 4.90 Å². The normalized spacial score (nSPS) is 11.5. The molecule has 0 N–H and O–H groups in total. The summed E-state index contributed by atoms with van der Waals surface area (Å²) in [5.41, 5.74) is 1.94. The minimum Gasteiger partial charge on any atom is -0.494 e. The van der Waals surface area contributed by atoms with Crippen LogP contribution in [0.25, 0.3) is 0 Å². The van der Waals surface area contributed by atoms with E-state index in [0.29, 0.717) is 13.2 Å². The van der Waals surface area contributed by atoms with Gasteiger partial charge in [0, 0.05) is 6.54 Å². The predicted octanol–water partition coefficient (Wildman–Crippen LogP) is 3.78. The lowest BCUT2D eigenvalue weighted by Gasteiger charge is -2.29. The number of benzene rings is 2. The highest BCUT2D eigenvalue weighted by atomic mass is 16.5. The van der Waals surface area contributed by atoms with Gasteiger partial charge in [-0.2, -0.15) is 0 Å². The van der Waals surface area contributed by atoms with Crippen LogP contribution in [0.5, 0.6) is 5.75 Å². The Morgan fingerprint density at radius 2 is 1.70 bits per heavy atom. The molecule has 1 amide bonds. The molecular weight excluding hydrogens is 342 g/mol. The second kappa shape index (κ2) is 10.4. The van der Waals surface area contributed by atoms with Crippen molar-refractivity contribution in [1.29, 1.82) is 0 Å². The topological polar surface area (TPSA) is 55.8 Å². The molecule has 2 aromatic carbocycles. The van der Waals surface area contributed by atoms with Crippen molar-refractivity contribution in [2.75, 3.05) is 20.3 Å². The molecule has 0 saturated carbocycles. The fourth-order valence-corrected chi connectivity index (χ4v) is 2.91. The van der Waals surface area contributed by atoms with Gasteiger partial charge in [-0.05, 0) is 37.1 Å². The molecule has 0 aliphatic heterocycles. The largest absolute Gasteiger partial charge is 0.494 e. The standard InChI is InChI=1S/C22H27NO4/c1-4-27-20-12-10-18(11-13-20)16-21(24)23(15-14-22(25)26-3)17(2)19-8-6-5-7-9-19/h5-13,17H,4,14-16H2,1-3H3. The second-order valence-corrected chi connectivity index (χ2v) is 6.25. The molecule has 0 aliphatic carbocycles. The smallest absolute Gasteiger partial charge is 0.307 e. The maximum Gasteiger partial charge on any atom is 0.307 e. The average molecular weight is 369 g/mol. The molecule has 5 nitrogen and oxygen atoms in total. The highest BCUT2D eigenvalue weighted by Crippen LogP contribution is 2.22. The van der Waals surface area contributed by atoms with Crippen molar-refractivity contribution in [3.05, 3.63) is 65.7 Å². The third kappa shape index (κ3) is 6.13. The zero-order valence-corrected chi connectivity index (χ0v) is 16.2. The summed E-state index contributed by atoms with van der Waals surface area (Å²) in [5, 5.41) is 0. The summed E-state index contributed by atoms with van der Waals surface area (Å²) >= 11 is 0. The van der Waals surface area contributed by atoms with Crippen molar-refractivity contribution in [1.82, 2.24) is 4.90 Å². The first kappa shape index (κ1) is 20.5. The molecule has 5 heteroatoms. The molecule has 2 aromatic rings. The van der Waals surface area contributed by atoms with Crippen LogP contribution in [0, 0.1) is 0 Å². The molecule has 1 unspecified atom stereocenters. The first-order valence-electron chi connectivity index (χ1n) is 9.18. The molecule has 0 fully saturated rings. The Labute approximate surface area is 160 Å². The Morgan fingerprint density at radius 1 is 1.04 bits per heavy atom. The van der Waals surface area contributed by atoms with E-state index >= 15 is 0 Å². The summed E-state index contributed by atoms with van der Waals surface area (Å²) in [6.07, 6.45) is 0.438. The van der Waals surface area contributed by atoms with Crippen LogP contribution in [-0.4, -0.2) is 37.0 Å². The number of hydrogen-bond donors (Lipinski definition) is 0. The number of rotatable bonds is 9. The van der Waals surface area contributed by atoms with Gasteiger partial charge in [0.05, 0.1) is 32.6 Å². The summed E-state index contributed by atoms with van der Waals surface area (Å²) in [4.78, 5) is 26.3. The molecule has 0 saturated heterocycles. The monoisotopic (exact) mass is 369 g/mol. The van der Waals surface area contributed by atoms with Gasteiger partial charge in [0.15, 0.2) is 0 Å². The molecule has 2 rings (SSSR count). The van der Waals surface area contributed by atoms with E-state index in [-0.39, 0.29) is 30.8 Å². The summed E-state index contributed by atoms with van der Waals surface area (Å²) in [6.45, 7) is 4.83. The number of methoxy groups -OCH3 is 1. The van der Waals surface area contributed by atoms with Crippen LogP contribution in [-0.2, 0) is 20.7 Å². The number of hydrogen-bond acceptors (Lipinski definition) is 4. The van der Waals surface area contributed by atoms with Gasteiger partial charge in [-0.25, -0.2) is 0 Å². The number of nitrogens with zero attached hydrogens (tertiary/aromatic N) is 1. The summed E-state index contributed by atoms with van der Waals surface area (Å²) < 4.78 is 10.2. The zero-order chi connectivity index (χ0) is 19.6. The molecule has 0 aromatic heterocycles. The Balaban J connectivity index is 2.13. The minimum absolute atomic E-state index is 0.0283. The molecule has 0 aliphatic rings. The Morgan fingerprint density at radius 3 is 2.30 bits per heavy atom. The molecule has 0 spiro atoms. The molecule has 0 radical (unpaired) electrons. The van der Waals surface area contributed by atoms with Gasteiger partial charge in [0.2, 0.25) is 5.91 Å². The Bertz CT molecular complexity index is 728. The third-order valence-electron chi connectivity index (χ3n) is 4.44. The highest BCUT2D eigenvalue weighted by Gasteiger charge is 2.22. The van der Waals surface area contributed by atoms with Gasteiger partial charge in [-0.15, -0.1) is 0 Å². The Hall–Kier alpha value is -2.82. The number of carbonyl (C=O) groups excluding carboxylic acids is 2. The maximum atomic E-state index is 13.0. The van der Waals surface area contributed by atoms with Crippen LogP contribution in [0.1, 0.15) is 37.4 Å². The lowest BCUT2D eigenvalue weighted by atomic mass is 10.0. The summed E-state index contributed by atoms with van der Waals surface area (Å²) in [6, 6.07) is 17.2. The van der Waals surface area contributed by atoms with Crippen molar-refractivity contribution in [2.45, 2.75) is 32.7 Å². The second-order valence-electron chi connectivity index (χ2n) is 6.25. The van der Waals surface area contributed by atoms with Crippen LogP contribution in [0.2, 0.25) is 0 Å². The number of amides is 1. The molecule has 0 bridgehead atoms. The first-order chi connectivity index (χ1) is 13.0. The fourth-order valence-electron chi connectivity index (χ4n) is 2.91. The van der Waals surface area contributed by atoms with Gasteiger partial charge in [0.25, 0.3) is 0 Å². The van der Waals surface area contributed by atoms with E-state index in [1.807, 2.05) is 68.4 Å². The van der Waals surface area contributed by atoms with E-state index in [4.69, 9.17) is 9.47 Å².